The molecule has 1 aromatic rings. The van der Waals surface area contributed by atoms with Gasteiger partial charge in [-0.15, -0.1) is 0 Å². The molecule has 1 aromatic carbocycles. The second kappa shape index (κ2) is 7.36. The zero-order chi connectivity index (χ0) is 11.8. The zero-order valence-electron chi connectivity index (χ0n) is 10.0. The summed E-state index contributed by atoms with van der Waals surface area (Å²) in [5.41, 5.74) is 0.706. The first kappa shape index (κ1) is 13.1. The predicted molar refractivity (Wildman–Crippen MR) is 63.9 cm³/mol. The Kier molecular flexibility index (Phi) is 6.04. The summed E-state index contributed by atoms with van der Waals surface area (Å²) in [6.07, 6.45) is 1.03. The summed E-state index contributed by atoms with van der Waals surface area (Å²) in [5.74, 6) is -0.156. The summed E-state index contributed by atoms with van der Waals surface area (Å²) < 4.78 is 18.7. The normalized spacial score (nSPS) is 12.7. The van der Waals surface area contributed by atoms with Gasteiger partial charge >= 0.3 is 0 Å². The van der Waals surface area contributed by atoms with Gasteiger partial charge in [-0.1, -0.05) is 25.1 Å². The van der Waals surface area contributed by atoms with E-state index in [1.807, 2.05) is 13.0 Å². The molecule has 0 saturated heterocycles. The Morgan fingerprint density at radius 1 is 1.31 bits per heavy atom. The first-order chi connectivity index (χ1) is 7.75. The molecule has 1 atom stereocenters. The van der Waals surface area contributed by atoms with Crippen molar-refractivity contribution in [1.29, 1.82) is 0 Å². The van der Waals surface area contributed by atoms with Crippen LogP contribution in [-0.4, -0.2) is 19.8 Å². The Morgan fingerprint density at radius 2 is 2.06 bits per heavy atom. The monoisotopic (exact) mass is 225 g/mol. The van der Waals surface area contributed by atoms with Crippen molar-refractivity contribution in [2.45, 2.75) is 26.3 Å². The van der Waals surface area contributed by atoms with Crippen LogP contribution < -0.4 is 5.32 Å². The van der Waals surface area contributed by atoms with Crippen molar-refractivity contribution < 1.29 is 9.13 Å². The third kappa shape index (κ3) is 4.29. The highest BCUT2D eigenvalue weighted by molar-refractivity contribution is 5.20. The molecule has 0 aliphatic rings. The smallest absolute Gasteiger partial charge is 0.127 e. The highest BCUT2D eigenvalue weighted by atomic mass is 19.1. The summed E-state index contributed by atoms with van der Waals surface area (Å²) in [5, 5.41) is 3.23. The van der Waals surface area contributed by atoms with Crippen LogP contribution in [0.5, 0.6) is 0 Å². The lowest BCUT2D eigenvalue weighted by atomic mass is 10.1. The van der Waals surface area contributed by atoms with Crippen LogP contribution in [0.25, 0.3) is 0 Å². The molecule has 16 heavy (non-hydrogen) atoms. The Balaban J connectivity index is 2.30. The summed E-state index contributed by atoms with van der Waals surface area (Å²) in [6, 6.07) is 6.87. The molecule has 2 nitrogen and oxygen atoms in total. The standard InChI is InChI=1S/C13H20FNO/c1-3-9-16-10-8-15-11(2)12-6-4-5-7-13(12)14/h4-7,11,15H,3,8-10H2,1-2H3/t11-/m1/s1. The largest absolute Gasteiger partial charge is 0.380 e. The number of rotatable bonds is 7. The van der Waals surface area contributed by atoms with Gasteiger partial charge in [-0.25, -0.2) is 4.39 Å². The van der Waals surface area contributed by atoms with Crippen molar-refractivity contribution in [2.75, 3.05) is 19.8 Å². The van der Waals surface area contributed by atoms with E-state index in [0.29, 0.717) is 12.2 Å². The van der Waals surface area contributed by atoms with Gasteiger partial charge in [0.1, 0.15) is 5.82 Å². The van der Waals surface area contributed by atoms with Crippen LogP contribution in [0.3, 0.4) is 0 Å². The van der Waals surface area contributed by atoms with Crippen LogP contribution in [0.2, 0.25) is 0 Å². The molecular formula is C13H20FNO. The maximum Gasteiger partial charge on any atom is 0.127 e. The predicted octanol–water partition coefficient (Wildman–Crippen LogP) is 2.90. The molecular weight excluding hydrogens is 205 g/mol. The minimum Gasteiger partial charge on any atom is -0.380 e. The molecule has 0 aromatic heterocycles. The third-order valence-electron chi connectivity index (χ3n) is 2.42. The van der Waals surface area contributed by atoms with Crippen LogP contribution in [0.4, 0.5) is 4.39 Å². The number of nitrogens with one attached hydrogen (secondary N) is 1. The van der Waals surface area contributed by atoms with Gasteiger partial charge in [0.25, 0.3) is 0 Å². The van der Waals surface area contributed by atoms with E-state index < -0.39 is 0 Å². The number of hydrogen-bond donors (Lipinski definition) is 1. The van der Waals surface area contributed by atoms with Gasteiger partial charge in [0, 0.05) is 24.8 Å². The molecule has 0 aliphatic heterocycles. The fourth-order valence-electron chi connectivity index (χ4n) is 1.53. The van der Waals surface area contributed by atoms with Gasteiger partial charge in [-0.2, -0.15) is 0 Å². The molecule has 0 aliphatic carbocycles. The molecule has 0 spiro atoms. The first-order valence-corrected chi connectivity index (χ1v) is 5.81. The third-order valence-corrected chi connectivity index (χ3v) is 2.42. The lowest BCUT2D eigenvalue weighted by Crippen LogP contribution is -2.24. The van der Waals surface area contributed by atoms with E-state index in [1.54, 1.807) is 12.1 Å². The molecule has 0 saturated carbocycles. The van der Waals surface area contributed by atoms with Crippen molar-refractivity contribution >= 4 is 0 Å². The molecule has 3 heteroatoms. The van der Waals surface area contributed by atoms with Gasteiger partial charge < -0.3 is 10.1 Å². The zero-order valence-corrected chi connectivity index (χ0v) is 10.0. The van der Waals surface area contributed by atoms with Crippen LogP contribution >= 0.6 is 0 Å². The average Bonchev–Trinajstić information content (AvgIpc) is 2.29. The van der Waals surface area contributed by atoms with E-state index in [-0.39, 0.29) is 11.9 Å². The summed E-state index contributed by atoms with van der Waals surface area (Å²) in [4.78, 5) is 0. The Labute approximate surface area is 96.8 Å². The first-order valence-electron chi connectivity index (χ1n) is 5.81. The number of ether oxygens (including phenoxy) is 1. The quantitative estimate of drug-likeness (QED) is 0.720. The number of halogens is 1. The second-order valence-electron chi connectivity index (χ2n) is 3.81. The van der Waals surface area contributed by atoms with Gasteiger partial charge in [0.05, 0.1) is 6.61 Å². The SMILES string of the molecule is CCCOCCN[C@H](C)c1ccccc1F. The Bertz CT molecular complexity index is 304. The van der Waals surface area contributed by atoms with Crippen LogP contribution in [0.1, 0.15) is 31.9 Å². The molecule has 0 amide bonds. The Morgan fingerprint density at radius 3 is 2.75 bits per heavy atom. The lowest BCUT2D eigenvalue weighted by Gasteiger charge is -2.14. The molecule has 0 bridgehead atoms. The van der Waals surface area contributed by atoms with E-state index >= 15 is 0 Å². The van der Waals surface area contributed by atoms with Crippen LogP contribution in [-0.2, 0) is 4.74 Å². The molecule has 0 unspecified atom stereocenters. The lowest BCUT2D eigenvalue weighted by molar-refractivity contribution is 0.134. The van der Waals surface area contributed by atoms with E-state index in [9.17, 15) is 4.39 Å². The van der Waals surface area contributed by atoms with Crippen molar-refractivity contribution in [1.82, 2.24) is 5.32 Å². The highest BCUT2D eigenvalue weighted by Crippen LogP contribution is 2.15. The van der Waals surface area contributed by atoms with Crippen molar-refractivity contribution in [3.63, 3.8) is 0 Å². The maximum absolute atomic E-state index is 13.4. The molecule has 0 heterocycles. The second-order valence-corrected chi connectivity index (χ2v) is 3.81. The molecule has 0 fully saturated rings. The Hall–Kier alpha value is -0.930. The van der Waals surface area contributed by atoms with E-state index in [2.05, 4.69) is 12.2 Å². The summed E-state index contributed by atoms with van der Waals surface area (Å²) in [7, 11) is 0. The summed E-state index contributed by atoms with van der Waals surface area (Å²) >= 11 is 0. The van der Waals surface area contributed by atoms with Crippen LogP contribution in [0, 0.1) is 5.82 Å². The van der Waals surface area contributed by atoms with Gasteiger partial charge in [0.15, 0.2) is 0 Å². The average molecular weight is 225 g/mol. The number of hydrogen-bond acceptors (Lipinski definition) is 2. The summed E-state index contributed by atoms with van der Waals surface area (Å²) in [6.45, 7) is 6.24. The van der Waals surface area contributed by atoms with Gasteiger partial charge in [-0.3, -0.25) is 0 Å². The fraction of sp³-hybridized carbons (Fsp3) is 0.538. The van der Waals surface area contributed by atoms with E-state index in [4.69, 9.17) is 4.74 Å². The molecule has 0 radical (unpaired) electrons. The highest BCUT2D eigenvalue weighted by Gasteiger charge is 2.08. The molecule has 1 N–H and O–H groups in total. The minimum absolute atomic E-state index is 0.0198. The van der Waals surface area contributed by atoms with E-state index in [1.165, 1.54) is 6.07 Å². The van der Waals surface area contributed by atoms with Crippen molar-refractivity contribution in [3.05, 3.63) is 35.6 Å². The van der Waals surface area contributed by atoms with Crippen molar-refractivity contribution in [3.8, 4) is 0 Å². The fourth-order valence-corrected chi connectivity index (χ4v) is 1.53. The maximum atomic E-state index is 13.4. The van der Waals surface area contributed by atoms with Gasteiger partial charge in [-0.05, 0) is 19.4 Å². The molecule has 1 rings (SSSR count). The number of benzene rings is 1. The van der Waals surface area contributed by atoms with E-state index in [0.717, 1.165) is 19.6 Å². The van der Waals surface area contributed by atoms with Gasteiger partial charge in [0.2, 0.25) is 0 Å². The topological polar surface area (TPSA) is 21.3 Å². The minimum atomic E-state index is -0.156. The molecule has 90 valence electrons. The van der Waals surface area contributed by atoms with Crippen LogP contribution in [0.15, 0.2) is 24.3 Å². The van der Waals surface area contributed by atoms with Crippen molar-refractivity contribution in [2.24, 2.45) is 0 Å².